The van der Waals surface area contributed by atoms with Gasteiger partial charge in [-0.2, -0.15) is 0 Å². The van der Waals surface area contributed by atoms with Crippen LogP contribution in [0.3, 0.4) is 0 Å². The van der Waals surface area contributed by atoms with Crippen LogP contribution < -0.4 is 31.5 Å². The zero-order valence-electron chi connectivity index (χ0n) is 35.3. The Morgan fingerprint density at radius 2 is 0.769 bits per heavy atom. The van der Waals surface area contributed by atoms with E-state index in [-0.39, 0.29) is 26.3 Å². The molecule has 65 heavy (non-hydrogen) atoms. The number of sulfone groups is 2. The fourth-order valence-electron chi connectivity index (χ4n) is 7.65. The summed E-state index contributed by atoms with van der Waals surface area (Å²) in [4.78, 5) is 18.3. The van der Waals surface area contributed by atoms with Crippen LogP contribution in [0.15, 0.2) is 19.6 Å². The molecule has 27 heteroatoms. The predicted molar refractivity (Wildman–Crippen MR) is 225 cm³/mol. The van der Waals surface area contributed by atoms with Gasteiger partial charge in [-0.3, -0.25) is 9.59 Å². The third kappa shape index (κ3) is 14.6. The van der Waals surface area contributed by atoms with Crippen LogP contribution in [0, 0.1) is 34.9 Å². The molecule has 0 atom stereocenters. The van der Waals surface area contributed by atoms with Gasteiger partial charge in [-0.15, -0.1) is 0 Å². The highest BCUT2D eigenvalue weighted by molar-refractivity contribution is 7.92. The minimum Gasteiger partial charge on any atom is -0.379 e. The van der Waals surface area contributed by atoms with Gasteiger partial charge in [0.2, 0.25) is 31.9 Å². The number of hydrogen-bond donors (Lipinski definition) is 6. The van der Waals surface area contributed by atoms with Crippen molar-refractivity contribution < 1.29 is 74.3 Å². The van der Waals surface area contributed by atoms with Crippen molar-refractivity contribution in [1.82, 2.24) is 10.6 Å². The number of carbonyl (C=O) groups is 2. The Balaban J connectivity index is 1.30. The number of sulfonamides is 2. The van der Waals surface area contributed by atoms with Crippen LogP contribution in [0.4, 0.5) is 37.7 Å². The molecule has 2 saturated carbocycles. The van der Waals surface area contributed by atoms with Gasteiger partial charge in [-0.05, 0) is 25.7 Å². The van der Waals surface area contributed by atoms with Gasteiger partial charge in [0, 0.05) is 38.0 Å². The Morgan fingerprint density at radius 3 is 1.08 bits per heavy atom. The van der Waals surface area contributed by atoms with Gasteiger partial charge in [0.05, 0.1) is 36.1 Å². The van der Waals surface area contributed by atoms with Crippen molar-refractivity contribution in [2.45, 2.75) is 134 Å². The molecule has 2 fully saturated rings. The second-order valence-electron chi connectivity index (χ2n) is 15.9. The minimum atomic E-state index is -5.20. The fraction of sp³-hybridized carbons (Fsp3) is 0.632. The molecule has 4 rings (SSSR count). The SMILES string of the molecule is NS(=O)(=O)c1c(F)c(F)c(S(=O)(=O)CCC(=O)NCCOCCNC(=O)CCS(=O)(=O)c2c(F)c(F)c(S(N)(=O)=O)c(F)c2NC2CCCCCCC2)c(NC2CCCCCCC2)c1F. The van der Waals surface area contributed by atoms with E-state index in [9.17, 15) is 52.0 Å². The molecule has 0 radical (unpaired) electrons. The maximum atomic E-state index is 15.6. The molecule has 0 heterocycles. The third-order valence-corrected chi connectivity index (χ3v) is 16.3. The lowest BCUT2D eigenvalue weighted by atomic mass is 9.96. The Labute approximate surface area is 374 Å². The summed E-state index contributed by atoms with van der Waals surface area (Å²) in [5.74, 6) is -17.0. The molecule has 368 valence electrons. The Bertz CT molecular complexity index is 2330. The third-order valence-electron chi connectivity index (χ3n) is 10.9. The Kier molecular flexibility index (Phi) is 19.3. The van der Waals surface area contributed by atoms with Crippen molar-refractivity contribution in [3.05, 3.63) is 34.9 Å². The van der Waals surface area contributed by atoms with Gasteiger partial charge in [0.25, 0.3) is 0 Å². The molecule has 2 aliphatic rings. The molecule has 2 aromatic rings. The standard InChI is InChI=1S/C38H54F6N6O11S4/c39-27-29(41)37(33(31(43)35(27)64(45,57)58)49-23-11-7-3-1-4-8-12-23)62(53,54)21-15-25(51)47-17-19-61-20-18-48-26(52)16-22-63(55,56)38-30(42)28(40)36(65(46,59)60)32(44)34(38)50-24-13-9-5-2-6-10-14-24/h23-24,49-50H,1-22H2,(H,47,51)(H,48,52)(H2,45,57,58)(H2,46,59,60). The molecule has 2 aromatic carbocycles. The summed E-state index contributed by atoms with van der Waals surface area (Å²) in [6.45, 7) is -0.916. The number of carbonyl (C=O) groups excluding carboxylic acids is 2. The summed E-state index contributed by atoms with van der Waals surface area (Å²) >= 11 is 0. The van der Waals surface area contributed by atoms with Crippen LogP contribution in [0.5, 0.6) is 0 Å². The van der Waals surface area contributed by atoms with Crippen LogP contribution in [0.1, 0.15) is 103 Å². The highest BCUT2D eigenvalue weighted by atomic mass is 32.2. The summed E-state index contributed by atoms with van der Waals surface area (Å²) in [5.41, 5.74) is -2.22. The van der Waals surface area contributed by atoms with Crippen molar-refractivity contribution in [2.24, 2.45) is 10.3 Å². The molecular weight excluding hydrogens is 959 g/mol. The van der Waals surface area contributed by atoms with E-state index >= 15 is 17.6 Å². The van der Waals surface area contributed by atoms with Gasteiger partial charge in [0.1, 0.15) is 9.79 Å². The number of halogens is 6. The first-order chi connectivity index (χ1) is 30.4. The number of nitrogens with one attached hydrogen (secondary N) is 4. The zero-order valence-corrected chi connectivity index (χ0v) is 38.5. The molecule has 0 spiro atoms. The van der Waals surface area contributed by atoms with Gasteiger partial charge in [0.15, 0.2) is 64.4 Å². The van der Waals surface area contributed by atoms with Crippen LogP contribution in [-0.4, -0.2) is 95.4 Å². The van der Waals surface area contributed by atoms with Gasteiger partial charge in [-0.1, -0.05) is 64.2 Å². The maximum Gasteiger partial charge on any atom is 0.244 e. The maximum absolute atomic E-state index is 15.6. The summed E-state index contributed by atoms with van der Waals surface area (Å²) in [7, 11) is -20.4. The molecule has 0 aliphatic heterocycles. The first-order valence-corrected chi connectivity index (χ1v) is 27.3. The molecule has 0 unspecified atom stereocenters. The summed E-state index contributed by atoms with van der Waals surface area (Å²) in [5, 5.41) is 19.6. The van der Waals surface area contributed by atoms with Crippen molar-refractivity contribution in [1.29, 1.82) is 0 Å². The highest BCUT2D eigenvalue weighted by Gasteiger charge is 2.39. The Hall–Kier alpha value is -3.76. The van der Waals surface area contributed by atoms with Crippen molar-refractivity contribution in [3.8, 4) is 0 Å². The Morgan fingerprint density at radius 1 is 0.477 bits per heavy atom. The predicted octanol–water partition coefficient (Wildman–Crippen LogP) is 4.14. The van der Waals surface area contributed by atoms with Crippen molar-refractivity contribution >= 4 is 62.9 Å². The van der Waals surface area contributed by atoms with Crippen molar-refractivity contribution in [2.75, 3.05) is 48.4 Å². The van der Waals surface area contributed by atoms with Gasteiger partial charge >= 0.3 is 0 Å². The second kappa shape index (κ2) is 23.3. The number of amides is 2. The smallest absolute Gasteiger partial charge is 0.244 e. The van der Waals surface area contributed by atoms with Crippen molar-refractivity contribution in [3.63, 3.8) is 0 Å². The molecule has 0 aromatic heterocycles. The fourth-order valence-corrected chi connectivity index (χ4v) is 12.0. The van der Waals surface area contributed by atoms with Crippen LogP contribution in [0.25, 0.3) is 0 Å². The van der Waals surface area contributed by atoms with E-state index in [2.05, 4.69) is 21.3 Å². The first-order valence-electron chi connectivity index (χ1n) is 20.9. The van der Waals surface area contributed by atoms with E-state index in [1.54, 1.807) is 0 Å². The normalized spacial score (nSPS) is 16.5. The number of rotatable bonds is 20. The molecule has 0 saturated heterocycles. The molecule has 2 aliphatic carbocycles. The monoisotopic (exact) mass is 1010 g/mol. The lowest BCUT2D eigenvalue weighted by Crippen LogP contribution is -2.32. The summed E-state index contributed by atoms with van der Waals surface area (Å²) in [6.07, 6.45) is 7.55. The number of ether oxygens (including phenoxy) is 1. The van der Waals surface area contributed by atoms with Gasteiger partial charge in [-0.25, -0.2) is 70.3 Å². The number of hydrogen-bond acceptors (Lipinski definition) is 13. The molecule has 2 amide bonds. The highest BCUT2D eigenvalue weighted by Crippen LogP contribution is 2.39. The lowest BCUT2D eigenvalue weighted by Gasteiger charge is -2.25. The zero-order chi connectivity index (χ0) is 48.3. The largest absolute Gasteiger partial charge is 0.379 e. The van der Waals surface area contributed by atoms with E-state index in [0.717, 1.165) is 38.5 Å². The van der Waals surface area contributed by atoms with E-state index in [1.165, 1.54) is 0 Å². The quantitative estimate of drug-likeness (QED) is 0.0619. The topological polar surface area (TPSA) is 280 Å². The molecule has 17 nitrogen and oxygen atoms in total. The molecular formula is C38H54F6N6O11S4. The van der Waals surface area contributed by atoms with Crippen LogP contribution >= 0.6 is 0 Å². The van der Waals surface area contributed by atoms with E-state index in [1.807, 2.05) is 0 Å². The number of benzene rings is 2. The van der Waals surface area contributed by atoms with E-state index in [0.29, 0.717) is 51.4 Å². The number of nitrogens with two attached hydrogens (primary N) is 2. The average molecular weight is 1010 g/mol. The average Bonchev–Trinajstić information content (AvgIpc) is 3.17. The summed E-state index contributed by atoms with van der Waals surface area (Å²) < 4.78 is 198. The number of anilines is 2. The second-order valence-corrected chi connectivity index (χ2v) is 23.0. The molecule has 0 bridgehead atoms. The van der Waals surface area contributed by atoms with Crippen LogP contribution in [-0.2, 0) is 54.0 Å². The minimum absolute atomic E-state index is 0.222. The van der Waals surface area contributed by atoms with E-state index < -0.39 is 154 Å². The lowest BCUT2D eigenvalue weighted by molar-refractivity contribution is -0.121. The van der Waals surface area contributed by atoms with E-state index in [4.69, 9.17) is 15.0 Å². The first kappa shape index (κ1) is 53.9. The van der Waals surface area contributed by atoms with Gasteiger partial charge < -0.3 is 26.0 Å². The van der Waals surface area contributed by atoms with Crippen LogP contribution in [0.2, 0.25) is 0 Å². The molecule has 8 N–H and O–H groups in total. The summed E-state index contributed by atoms with van der Waals surface area (Å²) in [6, 6.07) is -1.24. The number of primary sulfonamides is 2.